The number of pyridine rings is 1. The first kappa shape index (κ1) is 35.3. The van der Waals surface area contributed by atoms with Crippen molar-refractivity contribution in [2.45, 2.75) is 16.7 Å². The highest BCUT2D eigenvalue weighted by molar-refractivity contribution is 7.91. The maximum absolute atomic E-state index is 15.3. The van der Waals surface area contributed by atoms with Crippen LogP contribution in [-0.2, 0) is 9.84 Å². The molecule has 9 rings (SSSR count). The molecule has 0 saturated carbocycles. The second-order valence-corrected chi connectivity index (χ2v) is 15.2. The molecule has 5 aromatic carbocycles. The summed E-state index contributed by atoms with van der Waals surface area (Å²) in [6, 6.07) is 36.5. The second kappa shape index (κ2) is 13.7. The molecule has 13 heteroatoms. The highest BCUT2D eigenvalue weighted by atomic mass is 32.2. The van der Waals surface area contributed by atoms with Gasteiger partial charge in [-0.05, 0) is 85.3 Å². The van der Waals surface area contributed by atoms with Gasteiger partial charge in [-0.1, -0.05) is 60.7 Å². The number of carbonyl (C=O) groups excluding carboxylic acids is 1. The van der Waals surface area contributed by atoms with E-state index in [2.05, 4.69) is 15.1 Å². The average molecular weight is 777 g/mol. The molecule has 0 unspecified atom stereocenters. The van der Waals surface area contributed by atoms with Gasteiger partial charge in [0.05, 0.1) is 33.6 Å². The summed E-state index contributed by atoms with van der Waals surface area (Å²) < 4.78 is 66.9. The van der Waals surface area contributed by atoms with Crippen LogP contribution in [0.15, 0.2) is 156 Å². The number of carbonyl (C=O) groups is 1. The van der Waals surface area contributed by atoms with Gasteiger partial charge in [0, 0.05) is 28.0 Å². The van der Waals surface area contributed by atoms with Gasteiger partial charge in [0.2, 0.25) is 21.4 Å². The van der Waals surface area contributed by atoms with Gasteiger partial charge >= 0.3 is 0 Å². The first-order valence-electron chi connectivity index (χ1n) is 17.7. The van der Waals surface area contributed by atoms with Gasteiger partial charge in [-0.15, -0.1) is 0 Å². The lowest BCUT2D eigenvalue weighted by Crippen LogP contribution is -2.16. The Morgan fingerprint density at radius 3 is 2.39 bits per heavy atom. The van der Waals surface area contributed by atoms with Crippen molar-refractivity contribution in [3.8, 4) is 34.3 Å². The van der Waals surface area contributed by atoms with E-state index < -0.39 is 27.3 Å². The predicted octanol–water partition coefficient (Wildman–Crippen LogP) is 9.38. The predicted molar refractivity (Wildman–Crippen MR) is 213 cm³/mol. The molecule has 0 bridgehead atoms. The number of rotatable bonds is 9. The topological polar surface area (TPSA) is 138 Å². The fraction of sp³-hybridized carbons (Fsp3) is 0.0227. The minimum atomic E-state index is -4.41. The third kappa shape index (κ3) is 5.92. The van der Waals surface area contributed by atoms with Crippen molar-refractivity contribution in [3.05, 3.63) is 174 Å². The highest BCUT2D eigenvalue weighted by Gasteiger charge is 2.36. The highest BCUT2D eigenvalue weighted by Crippen LogP contribution is 2.43. The Morgan fingerprint density at radius 1 is 0.842 bits per heavy atom. The number of sulfone groups is 1. The van der Waals surface area contributed by atoms with Gasteiger partial charge in [-0.2, -0.15) is 9.49 Å². The van der Waals surface area contributed by atoms with Crippen molar-refractivity contribution in [1.82, 2.24) is 24.3 Å². The summed E-state index contributed by atoms with van der Waals surface area (Å²) in [6.45, 7) is 1.74. The van der Waals surface area contributed by atoms with E-state index in [1.165, 1.54) is 41.2 Å². The molecule has 0 amide bonds. The molecule has 0 aliphatic rings. The number of halogens is 2. The molecule has 3 N–H and O–H groups in total. The zero-order valence-corrected chi connectivity index (χ0v) is 30.8. The number of aromatic nitrogens is 5. The number of hydrogen-bond donors (Lipinski definition) is 2. The van der Waals surface area contributed by atoms with Crippen LogP contribution >= 0.6 is 0 Å². The number of benzene rings is 5. The van der Waals surface area contributed by atoms with Crippen molar-refractivity contribution >= 4 is 43.2 Å². The maximum Gasteiger partial charge on any atom is 0.216 e. The Balaban J connectivity index is 1.27. The maximum atomic E-state index is 15.3. The molecule has 4 aromatic heterocycles. The summed E-state index contributed by atoms with van der Waals surface area (Å²) in [5.74, 6) is -2.53. The van der Waals surface area contributed by atoms with Crippen LogP contribution in [0, 0.1) is 18.6 Å². The van der Waals surface area contributed by atoms with Crippen molar-refractivity contribution in [3.63, 3.8) is 0 Å². The normalized spacial score (nSPS) is 11.7. The molecule has 10 nitrogen and oxygen atoms in total. The third-order valence-corrected chi connectivity index (χ3v) is 11.6. The second-order valence-electron chi connectivity index (χ2n) is 13.3. The van der Waals surface area contributed by atoms with Crippen molar-refractivity contribution in [1.29, 1.82) is 0 Å². The van der Waals surface area contributed by atoms with Crippen molar-refractivity contribution in [2.24, 2.45) is 0 Å². The summed E-state index contributed by atoms with van der Waals surface area (Å²) in [5, 5.41) is 5.63. The Kier molecular flexibility index (Phi) is 8.51. The van der Waals surface area contributed by atoms with E-state index in [0.29, 0.717) is 39.2 Å². The molecule has 9 aromatic rings. The van der Waals surface area contributed by atoms with Crippen molar-refractivity contribution < 1.29 is 26.7 Å². The van der Waals surface area contributed by atoms with E-state index >= 15 is 13.2 Å². The SMILES string of the molecule is Cc1cc(Oc2cccc(F)c2F)ccc1-n1ncc(C(=O)c2c(S(=O)(=O)c3ccccc3)c3c(-c4ccccn4)cccc3n2-c2cc3ccccc3[nH]2)c1N. The summed E-state index contributed by atoms with van der Waals surface area (Å²) in [4.78, 5) is 23.0. The number of aromatic amines is 1. The third-order valence-electron chi connectivity index (χ3n) is 9.78. The summed E-state index contributed by atoms with van der Waals surface area (Å²) in [6.07, 6.45) is 2.92. The summed E-state index contributed by atoms with van der Waals surface area (Å²) in [5.41, 5.74) is 9.82. The molecule has 0 saturated heterocycles. The number of nitrogens with zero attached hydrogens (tertiary/aromatic N) is 4. The number of hydrogen-bond acceptors (Lipinski definition) is 7. The molecule has 4 heterocycles. The zero-order chi connectivity index (χ0) is 39.4. The smallest absolute Gasteiger partial charge is 0.216 e. The van der Waals surface area contributed by atoms with Gasteiger partial charge in [0.15, 0.2) is 11.6 Å². The molecular formula is C44H30F2N6O4S. The number of ether oxygens (including phenoxy) is 1. The van der Waals surface area contributed by atoms with Gasteiger partial charge in [0.25, 0.3) is 0 Å². The summed E-state index contributed by atoms with van der Waals surface area (Å²) in [7, 11) is -4.41. The first-order chi connectivity index (χ1) is 27.6. The molecule has 0 fully saturated rings. The molecule has 0 aliphatic heterocycles. The molecule has 57 heavy (non-hydrogen) atoms. The Bertz CT molecular complexity index is 3110. The van der Waals surface area contributed by atoms with Crippen LogP contribution in [-0.4, -0.2) is 38.5 Å². The number of H-pyrrole nitrogens is 1. The number of fused-ring (bicyclic) bond motifs is 2. The van der Waals surface area contributed by atoms with Crippen LogP contribution in [0.4, 0.5) is 14.6 Å². The number of aryl methyl sites for hydroxylation is 1. The number of ketones is 1. The number of para-hydroxylation sites is 1. The van der Waals surface area contributed by atoms with Crippen LogP contribution in [0.25, 0.3) is 44.6 Å². The molecule has 0 aliphatic carbocycles. The lowest BCUT2D eigenvalue weighted by molar-refractivity contribution is 0.103. The van der Waals surface area contributed by atoms with Gasteiger partial charge in [0.1, 0.15) is 28.0 Å². The van der Waals surface area contributed by atoms with E-state index in [-0.39, 0.29) is 38.4 Å². The van der Waals surface area contributed by atoms with E-state index in [0.717, 1.165) is 17.0 Å². The number of anilines is 1. The van der Waals surface area contributed by atoms with Crippen LogP contribution in [0.3, 0.4) is 0 Å². The van der Waals surface area contributed by atoms with Crippen LogP contribution in [0.2, 0.25) is 0 Å². The van der Waals surface area contributed by atoms with E-state index in [9.17, 15) is 8.78 Å². The number of nitrogens with two attached hydrogens (primary N) is 1. The number of nitrogens with one attached hydrogen (secondary N) is 1. The fourth-order valence-corrected chi connectivity index (χ4v) is 8.80. The standard InChI is InChI=1S/C44H30F2N6O4S/c1-26-23-28(56-37-19-10-15-32(45)40(37)46)20-21-35(26)52-44(47)31(25-49-52)42(53)41-43(57(54,55)29-12-3-2-4-13-29)39-30(34-17-7-8-22-48-34)14-9-18-36(39)51(41)38-24-27-11-5-6-16-33(27)50-38/h2-25,50H,47H2,1H3. The van der Waals surface area contributed by atoms with Gasteiger partial charge < -0.3 is 15.5 Å². The van der Waals surface area contributed by atoms with Gasteiger partial charge in [-0.3, -0.25) is 14.3 Å². The lowest BCUT2D eigenvalue weighted by atomic mass is 10.1. The first-order valence-corrected chi connectivity index (χ1v) is 19.2. The quantitative estimate of drug-likeness (QED) is 0.139. The van der Waals surface area contributed by atoms with Gasteiger partial charge in [-0.25, -0.2) is 17.5 Å². The van der Waals surface area contributed by atoms with E-state index in [4.69, 9.17) is 10.5 Å². The monoisotopic (exact) mass is 776 g/mol. The van der Waals surface area contributed by atoms with E-state index in [1.807, 2.05) is 36.4 Å². The molecule has 0 atom stereocenters. The number of nitrogen functional groups attached to an aromatic ring is 1. The Labute approximate surface area is 324 Å². The summed E-state index contributed by atoms with van der Waals surface area (Å²) >= 11 is 0. The fourth-order valence-electron chi connectivity index (χ4n) is 7.12. The van der Waals surface area contributed by atoms with Crippen LogP contribution < -0.4 is 10.5 Å². The van der Waals surface area contributed by atoms with Crippen LogP contribution in [0.1, 0.15) is 21.6 Å². The Hall–Kier alpha value is -7.38. The van der Waals surface area contributed by atoms with Crippen molar-refractivity contribution in [2.75, 3.05) is 5.73 Å². The van der Waals surface area contributed by atoms with Crippen LogP contribution in [0.5, 0.6) is 11.5 Å². The minimum absolute atomic E-state index is 0.00899. The lowest BCUT2D eigenvalue weighted by Gasteiger charge is -2.13. The molecular weight excluding hydrogens is 747 g/mol. The molecule has 0 radical (unpaired) electrons. The average Bonchev–Trinajstić information content (AvgIpc) is 3.93. The minimum Gasteiger partial charge on any atom is -0.454 e. The molecule has 0 spiro atoms. The van der Waals surface area contributed by atoms with E-state index in [1.54, 1.807) is 78.4 Å². The zero-order valence-electron chi connectivity index (χ0n) is 30.0. The largest absolute Gasteiger partial charge is 0.454 e. The Morgan fingerprint density at radius 2 is 1.61 bits per heavy atom. The molecule has 280 valence electrons.